The third-order valence-corrected chi connectivity index (χ3v) is 2.89. The maximum Gasteiger partial charge on any atom is -0.00206 e. The van der Waals surface area contributed by atoms with E-state index in [9.17, 15) is 0 Å². The summed E-state index contributed by atoms with van der Waals surface area (Å²) in [6, 6.07) is 0. The standard InChI is InChI=1S/C10H21N/c1-3-10-5-4-9(2)6-7-11-8-10/h9-11H,3-8H2,1-2H3. The van der Waals surface area contributed by atoms with Crippen LogP contribution >= 0.6 is 0 Å². The molecule has 1 nitrogen and oxygen atoms in total. The lowest BCUT2D eigenvalue weighted by atomic mass is 9.91. The maximum absolute atomic E-state index is 3.52. The second-order valence-corrected chi connectivity index (χ2v) is 3.95. The van der Waals surface area contributed by atoms with Crippen LogP contribution in [-0.4, -0.2) is 13.1 Å². The first-order chi connectivity index (χ1) is 5.33. The van der Waals surface area contributed by atoms with Gasteiger partial charge in [0.1, 0.15) is 0 Å². The lowest BCUT2D eigenvalue weighted by Gasteiger charge is -2.22. The van der Waals surface area contributed by atoms with Crippen molar-refractivity contribution < 1.29 is 0 Å². The second-order valence-electron chi connectivity index (χ2n) is 3.95. The Morgan fingerprint density at radius 2 is 2.09 bits per heavy atom. The summed E-state index contributed by atoms with van der Waals surface area (Å²) in [5.74, 6) is 1.88. The van der Waals surface area contributed by atoms with Gasteiger partial charge in [0, 0.05) is 0 Å². The van der Waals surface area contributed by atoms with E-state index in [0.29, 0.717) is 0 Å². The Kier molecular flexibility index (Phi) is 3.92. The van der Waals surface area contributed by atoms with Crippen LogP contribution in [0.25, 0.3) is 0 Å². The van der Waals surface area contributed by atoms with Crippen LogP contribution in [0.4, 0.5) is 0 Å². The maximum atomic E-state index is 3.52. The highest BCUT2D eigenvalue weighted by molar-refractivity contribution is 4.67. The molecule has 0 aliphatic carbocycles. The van der Waals surface area contributed by atoms with Crippen LogP contribution in [0.15, 0.2) is 0 Å². The zero-order valence-electron chi connectivity index (χ0n) is 7.90. The van der Waals surface area contributed by atoms with Crippen LogP contribution in [-0.2, 0) is 0 Å². The van der Waals surface area contributed by atoms with Crippen LogP contribution in [0.3, 0.4) is 0 Å². The van der Waals surface area contributed by atoms with Crippen LogP contribution in [0.2, 0.25) is 0 Å². The third kappa shape index (κ3) is 3.24. The molecule has 1 aliphatic rings. The van der Waals surface area contributed by atoms with Gasteiger partial charge in [0.05, 0.1) is 0 Å². The van der Waals surface area contributed by atoms with E-state index in [2.05, 4.69) is 19.2 Å². The molecule has 0 amide bonds. The van der Waals surface area contributed by atoms with Crippen LogP contribution in [0.1, 0.15) is 39.5 Å². The van der Waals surface area contributed by atoms with E-state index in [1.807, 2.05) is 0 Å². The van der Waals surface area contributed by atoms with Gasteiger partial charge in [0.25, 0.3) is 0 Å². The first kappa shape index (κ1) is 9.05. The van der Waals surface area contributed by atoms with Gasteiger partial charge in [-0.15, -0.1) is 0 Å². The van der Waals surface area contributed by atoms with Crippen molar-refractivity contribution in [3.8, 4) is 0 Å². The fourth-order valence-electron chi connectivity index (χ4n) is 1.77. The molecule has 0 saturated carbocycles. The molecule has 1 aliphatic heterocycles. The number of hydrogen-bond acceptors (Lipinski definition) is 1. The van der Waals surface area contributed by atoms with Gasteiger partial charge in [0.15, 0.2) is 0 Å². The Labute approximate surface area is 70.6 Å². The van der Waals surface area contributed by atoms with Crippen molar-refractivity contribution >= 4 is 0 Å². The molecule has 0 spiro atoms. The van der Waals surface area contributed by atoms with Crippen molar-refractivity contribution in [2.75, 3.05) is 13.1 Å². The van der Waals surface area contributed by atoms with E-state index in [1.165, 1.54) is 38.8 Å². The molecule has 1 heteroatoms. The monoisotopic (exact) mass is 155 g/mol. The fraction of sp³-hybridized carbons (Fsp3) is 1.00. The number of rotatable bonds is 1. The molecule has 1 heterocycles. The molecule has 0 aromatic carbocycles. The van der Waals surface area contributed by atoms with Gasteiger partial charge in [-0.25, -0.2) is 0 Å². The van der Waals surface area contributed by atoms with E-state index in [-0.39, 0.29) is 0 Å². The highest BCUT2D eigenvalue weighted by Crippen LogP contribution is 2.18. The Morgan fingerprint density at radius 1 is 1.27 bits per heavy atom. The molecule has 0 radical (unpaired) electrons. The quantitative estimate of drug-likeness (QED) is 0.613. The average molecular weight is 155 g/mol. The first-order valence-electron chi connectivity index (χ1n) is 5.03. The first-order valence-corrected chi connectivity index (χ1v) is 5.03. The van der Waals surface area contributed by atoms with Gasteiger partial charge in [-0.1, -0.05) is 26.7 Å². The molecule has 0 bridgehead atoms. The molecule has 2 atom stereocenters. The molecule has 1 rings (SSSR count). The van der Waals surface area contributed by atoms with Gasteiger partial charge in [-0.05, 0) is 37.8 Å². The minimum Gasteiger partial charge on any atom is -0.316 e. The fourth-order valence-corrected chi connectivity index (χ4v) is 1.77. The predicted molar refractivity (Wildman–Crippen MR) is 49.7 cm³/mol. The van der Waals surface area contributed by atoms with Gasteiger partial charge >= 0.3 is 0 Å². The number of nitrogens with one attached hydrogen (secondary N) is 1. The summed E-state index contributed by atoms with van der Waals surface area (Å²) < 4.78 is 0. The zero-order valence-corrected chi connectivity index (χ0v) is 7.90. The average Bonchev–Trinajstić information content (AvgIpc) is 1.98. The van der Waals surface area contributed by atoms with E-state index < -0.39 is 0 Å². The summed E-state index contributed by atoms with van der Waals surface area (Å²) in [6.07, 6.45) is 5.60. The van der Waals surface area contributed by atoms with Crippen molar-refractivity contribution in [3.63, 3.8) is 0 Å². The molecule has 1 N–H and O–H groups in total. The van der Waals surface area contributed by atoms with E-state index in [0.717, 1.165) is 11.8 Å². The van der Waals surface area contributed by atoms with Crippen molar-refractivity contribution in [2.45, 2.75) is 39.5 Å². The molecule has 0 aromatic rings. The third-order valence-electron chi connectivity index (χ3n) is 2.89. The summed E-state index contributed by atoms with van der Waals surface area (Å²) in [5.41, 5.74) is 0. The molecule has 1 saturated heterocycles. The minimum atomic E-state index is 0.942. The molecule has 1 fully saturated rings. The van der Waals surface area contributed by atoms with Crippen molar-refractivity contribution in [3.05, 3.63) is 0 Å². The Hall–Kier alpha value is -0.0400. The molecule has 0 aromatic heterocycles. The van der Waals surface area contributed by atoms with Crippen molar-refractivity contribution in [2.24, 2.45) is 11.8 Å². The van der Waals surface area contributed by atoms with Gasteiger partial charge < -0.3 is 5.32 Å². The van der Waals surface area contributed by atoms with E-state index in [4.69, 9.17) is 0 Å². The SMILES string of the molecule is CCC1CCC(C)CCNC1. The Bertz CT molecular complexity index is 101. The lowest BCUT2D eigenvalue weighted by Crippen LogP contribution is -2.27. The summed E-state index contributed by atoms with van der Waals surface area (Å²) in [7, 11) is 0. The minimum absolute atomic E-state index is 0.942. The smallest absolute Gasteiger partial charge is 0.00206 e. The largest absolute Gasteiger partial charge is 0.316 e. The van der Waals surface area contributed by atoms with E-state index >= 15 is 0 Å². The molecule has 2 unspecified atom stereocenters. The topological polar surface area (TPSA) is 12.0 Å². The predicted octanol–water partition coefficient (Wildman–Crippen LogP) is 2.42. The summed E-state index contributed by atoms with van der Waals surface area (Å²) >= 11 is 0. The summed E-state index contributed by atoms with van der Waals surface area (Å²) in [4.78, 5) is 0. The molecule has 11 heavy (non-hydrogen) atoms. The molecule has 66 valence electrons. The van der Waals surface area contributed by atoms with Gasteiger partial charge in [-0.2, -0.15) is 0 Å². The Balaban J connectivity index is 2.25. The van der Waals surface area contributed by atoms with Gasteiger partial charge in [0.2, 0.25) is 0 Å². The lowest BCUT2D eigenvalue weighted by molar-refractivity contribution is 0.334. The highest BCUT2D eigenvalue weighted by Gasteiger charge is 2.11. The summed E-state index contributed by atoms with van der Waals surface area (Å²) in [5, 5.41) is 3.52. The highest BCUT2D eigenvalue weighted by atomic mass is 14.9. The molecular weight excluding hydrogens is 134 g/mol. The van der Waals surface area contributed by atoms with E-state index in [1.54, 1.807) is 0 Å². The normalized spacial score (nSPS) is 34.4. The van der Waals surface area contributed by atoms with Crippen LogP contribution in [0.5, 0.6) is 0 Å². The second kappa shape index (κ2) is 4.76. The van der Waals surface area contributed by atoms with Gasteiger partial charge in [-0.3, -0.25) is 0 Å². The summed E-state index contributed by atoms with van der Waals surface area (Å²) in [6.45, 7) is 7.17. The van der Waals surface area contributed by atoms with Crippen LogP contribution < -0.4 is 5.32 Å². The number of hydrogen-bond donors (Lipinski definition) is 1. The van der Waals surface area contributed by atoms with Crippen LogP contribution in [0, 0.1) is 11.8 Å². The Morgan fingerprint density at radius 3 is 2.82 bits per heavy atom. The zero-order chi connectivity index (χ0) is 8.10. The molecular formula is C10H21N. The van der Waals surface area contributed by atoms with Crippen molar-refractivity contribution in [1.29, 1.82) is 0 Å². The van der Waals surface area contributed by atoms with Crippen molar-refractivity contribution in [1.82, 2.24) is 5.32 Å².